The molecule has 0 radical (unpaired) electrons. The lowest BCUT2D eigenvalue weighted by atomic mass is 10.1. The third kappa shape index (κ3) is 4.05. The van der Waals surface area contributed by atoms with E-state index in [9.17, 15) is 8.42 Å². The van der Waals surface area contributed by atoms with Crippen molar-refractivity contribution in [3.05, 3.63) is 35.9 Å². The van der Waals surface area contributed by atoms with Gasteiger partial charge in [-0.15, -0.1) is 0 Å². The summed E-state index contributed by atoms with van der Waals surface area (Å²) in [7, 11) is -3.09. The minimum Gasteiger partial charge on any atom is -0.291 e. The van der Waals surface area contributed by atoms with Gasteiger partial charge in [-0.3, -0.25) is 4.90 Å². The Morgan fingerprint density at radius 1 is 1.10 bits per heavy atom. The molecule has 0 N–H and O–H groups in total. The van der Waals surface area contributed by atoms with E-state index in [2.05, 4.69) is 30.9 Å². The molecule has 2 rings (SSSR count). The Bertz CT molecular complexity index is 533. The zero-order valence-corrected chi connectivity index (χ0v) is 14.0. The molecule has 0 amide bonds. The average molecular weight is 310 g/mol. The Morgan fingerprint density at radius 2 is 1.67 bits per heavy atom. The molecule has 1 saturated heterocycles. The molecule has 21 heavy (non-hydrogen) atoms. The lowest BCUT2D eigenvalue weighted by Crippen LogP contribution is -2.57. The average Bonchev–Trinajstić information content (AvgIpc) is 2.43. The molecule has 2 atom stereocenters. The van der Waals surface area contributed by atoms with Crippen molar-refractivity contribution in [2.75, 3.05) is 18.8 Å². The highest BCUT2D eigenvalue weighted by molar-refractivity contribution is 7.89. The number of nitrogens with zero attached hydrogens (tertiary/aromatic N) is 2. The monoisotopic (exact) mass is 310 g/mol. The summed E-state index contributed by atoms with van der Waals surface area (Å²) < 4.78 is 26.2. The van der Waals surface area contributed by atoms with Crippen LogP contribution in [0.4, 0.5) is 0 Å². The van der Waals surface area contributed by atoms with Crippen molar-refractivity contribution in [1.82, 2.24) is 9.21 Å². The molecule has 0 aromatic heterocycles. The number of rotatable bonds is 5. The van der Waals surface area contributed by atoms with Gasteiger partial charge in [-0.1, -0.05) is 37.3 Å². The van der Waals surface area contributed by atoms with Crippen molar-refractivity contribution >= 4 is 10.0 Å². The summed E-state index contributed by atoms with van der Waals surface area (Å²) in [5.74, 6) is 0.255. The highest BCUT2D eigenvalue weighted by Crippen LogP contribution is 2.21. The molecule has 0 aliphatic carbocycles. The lowest BCUT2D eigenvalue weighted by Gasteiger charge is -2.43. The minimum absolute atomic E-state index is 0.237. The summed E-state index contributed by atoms with van der Waals surface area (Å²) in [6.45, 7) is 8.22. The zero-order chi connectivity index (χ0) is 15.5. The van der Waals surface area contributed by atoms with Crippen LogP contribution in [0, 0.1) is 0 Å². The molecule has 1 heterocycles. The molecule has 0 saturated carbocycles. The van der Waals surface area contributed by atoms with Gasteiger partial charge in [-0.05, 0) is 25.8 Å². The van der Waals surface area contributed by atoms with Gasteiger partial charge in [0.2, 0.25) is 10.0 Å². The van der Waals surface area contributed by atoms with E-state index in [4.69, 9.17) is 0 Å². The van der Waals surface area contributed by atoms with Crippen LogP contribution >= 0.6 is 0 Å². The molecule has 5 heteroatoms. The second-order valence-corrected chi connectivity index (χ2v) is 8.08. The fourth-order valence-electron chi connectivity index (χ4n) is 3.03. The normalized spacial score (nSPS) is 25.1. The van der Waals surface area contributed by atoms with Gasteiger partial charge in [-0.2, -0.15) is 4.31 Å². The van der Waals surface area contributed by atoms with Crippen LogP contribution in [0.15, 0.2) is 30.3 Å². The molecule has 1 aromatic rings. The summed E-state index contributed by atoms with van der Waals surface area (Å²) in [6.07, 6.45) is 0.676. The Kier molecular flexibility index (Phi) is 5.41. The van der Waals surface area contributed by atoms with Crippen LogP contribution in [-0.2, 0) is 16.6 Å². The standard InChI is InChI=1S/C16H26N2O2S/c1-4-10-21(19,20)17-11-14(2)18(15(3)12-17)13-16-8-6-5-7-9-16/h5-9,14-15H,4,10-13H2,1-3H3. The summed E-state index contributed by atoms with van der Waals surface area (Å²) >= 11 is 0. The van der Waals surface area contributed by atoms with Gasteiger partial charge in [0.25, 0.3) is 0 Å². The smallest absolute Gasteiger partial charge is 0.214 e. The molecule has 1 aliphatic rings. The molecule has 1 aromatic carbocycles. The van der Waals surface area contributed by atoms with Crippen molar-refractivity contribution in [3.63, 3.8) is 0 Å². The van der Waals surface area contributed by atoms with E-state index in [1.54, 1.807) is 4.31 Å². The van der Waals surface area contributed by atoms with Gasteiger partial charge >= 0.3 is 0 Å². The van der Waals surface area contributed by atoms with Crippen LogP contribution in [0.1, 0.15) is 32.8 Å². The van der Waals surface area contributed by atoms with E-state index in [-0.39, 0.29) is 17.8 Å². The SMILES string of the molecule is CCCS(=O)(=O)N1CC(C)N(Cc2ccccc2)C(C)C1. The molecule has 118 valence electrons. The fourth-order valence-corrected chi connectivity index (χ4v) is 4.69. The first-order chi connectivity index (χ1) is 9.94. The van der Waals surface area contributed by atoms with Crippen LogP contribution in [0.2, 0.25) is 0 Å². The third-order valence-corrected chi connectivity index (χ3v) is 6.14. The highest BCUT2D eigenvalue weighted by Gasteiger charge is 2.34. The number of hydrogen-bond donors (Lipinski definition) is 0. The molecule has 0 bridgehead atoms. The van der Waals surface area contributed by atoms with E-state index in [1.807, 2.05) is 25.1 Å². The van der Waals surface area contributed by atoms with Gasteiger partial charge < -0.3 is 0 Å². The number of sulfonamides is 1. The second kappa shape index (κ2) is 6.90. The van der Waals surface area contributed by atoms with Crippen molar-refractivity contribution in [2.24, 2.45) is 0 Å². The Morgan fingerprint density at radius 3 is 2.19 bits per heavy atom. The fraction of sp³-hybridized carbons (Fsp3) is 0.625. The summed E-state index contributed by atoms with van der Waals surface area (Å²) in [5, 5.41) is 0. The van der Waals surface area contributed by atoms with Crippen molar-refractivity contribution in [1.29, 1.82) is 0 Å². The van der Waals surface area contributed by atoms with Crippen LogP contribution < -0.4 is 0 Å². The maximum Gasteiger partial charge on any atom is 0.214 e. The molecule has 1 aliphatic heterocycles. The molecule has 2 unspecified atom stereocenters. The Labute approximate surface area is 128 Å². The summed E-state index contributed by atoms with van der Waals surface area (Å²) in [5.41, 5.74) is 1.28. The Balaban J connectivity index is 2.06. The first-order valence-corrected chi connectivity index (χ1v) is 9.32. The van der Waals surface area contributed by atoms with Crippen LogP contribution in [0.3, 0.4) is 0 Å². The minimum atomic E-state index is -3.09. The van der Waals surface area contributed by atoms with Gasteiger partial charge in [-0.25, -0.2) is 8.42 Å². The lowest BCUT2D eigenvalue weighted by molar-refractivity contribution is 0.0699. The van der Waals surface area contributed by atoms with E-state index in [0.717, 1.165) is 6.54 Å². The highest BCUT2D eigenvalue weighted by atomic mass is 32.2. The van der Waals surface area contributed by atoms with Crippen molar-refractivity contribution in [2.45, 2.75) is 45.8 Å². The van der Waals surface area contributed by atoms with Crippen LogP contribution in [0.25, 0.3) is 0 Å². The second-order valence-electron chi connectivity index (χ2n) is 5.99. The molecular weight excluding hydrogens is 284 g/mol. The predicted molar refractivity (Wildman–Crippen MR) is 86.6 cm³/mol. The predicted octanol–water partition coefficient (Wildman–Crippen LogP) is 2.32. The quantitative estimate of drug-likeness (QED) is 0.838. The number of hydrogen-bond acceptors (Lipinski definition) is 3. The van der Waals surface area contributed by atoms with Gasteiger partial charge in [0.05, 0.1) is 5.75 Å². The number of benzene rings is 1. The van der Waals surface area contributed by atoms with Crippen LogP contribution in [0.5, 0.6) is 0 Å². The molecule has 0 spiro atoms. The van der Waals surface area contributed by atoms with Crippen LogP contribution in [-0.4, -0.2) is 48.5 Å². The molecule has 4 nitrogen and oxygen atoms in total. The largest absolute Gasteiger partial charge is 0.291 e. The van der Waals surface area contributed by atoms with E-state index < -0.39 is 10.0 Å². The summed E-state index contributed by atoms with van der Waals surface area (Å²) in [4.78, 5) is 2.40. The van der Waals surface area contributed by atoms with E-state index in [0.29, 0.717) is 19.5 Å². The zero-order valence-electron chi connectivity index (χ0n) is 13.2. The van der Waals surface area contributed by atoms with Crippen molar-refractivity contribution < 1.29 is 8.42 Å². The molecule has 1 fully saturated rings. The summed E-state index contributed by atoms with van der Waals surface area (Å²) in [6, 6.07) is 10.8. The Hall–Kier alpha value is -0.910. The first kappa shape index (κ1) is 16.5. The van der Waals surface area contributed by atoms with E-state index >= 15 is 0 Å². The van der Waals surface area contributed by atoms with Gasteiger partial charge in [0.15, 0.2) is 0 Å². The topological polar surface area (TPSA) is 40.6 Å². The molecular formula is C16H26N2O2S. The number of piperazine rings is 1. The third-order valence-electron chi connectivity index (χ3n) is 4.13. The first-order valence-electron chi connectivity index (χ1n) is 7.71. The van der Waals surface area contributed by atoms with Crippen molar-refractivity contribution in [3.8, 4) is 0 Å². The van der Waals surface area contributed by atoms with E-state index in [1.165, 1.54) is 5.56 Å². The maximum absolute atomic E-state index is 12.2. The van der Waals surface area contributed by atoms with Gasteiger partial charge in [0, 0.05) is 31.7 Å². The maximum atomic E-state index is 12.2. The van der Waals surface area contributed by atoms with Gasteiger partial charge in [0.1, 0.15) is 0 Å².